The molecule has 4 N–H and O–H groups in total. The van der Waals surface area contributed by atoms with Crippen LogP contribution in [0.15, 0.2) is 0 Å². The number of hydrogen-bond acceptors (Lipinski definition) is 3. The van der Waals surface area contributed by atoms with Gasteiger partial charge in [-0.2, -0.15) is 0 Å². The van der Waals surface area contributed by atoms with E-state index in [1.807, 2.05) is 0 Å². The van der Waals surface area contributed by atoms with E-state index in [2.05, 4.69) is 5.32 Å². The zero-order valence-corrected chi connectivity index (χ0v) is 8.70. The summed E-state index contributed by atoms with van der Waals surface area (Å²) in [6.07, 6.45) is 3.85. The maximum Gasteiger partial charge on any atom is 0.236 e. The van der Waals surface area contributed by atoms with Gasteiger partial charge in [0.1, 0.15) is 0 Å². The Hall–Kier alpha value is -0.610. The molecule has 1 fully saturated rings. The van der Waals surface area contributed by atoms with E-state index in [1.54, 1.807) is 6.92 Å². The summed E-state index contributed by atoms with van der Waals surface area (Å²) >= 11 is 0. The van der Waals surface area contributed by atoms with Crippen LogP contribution in [0.3, 0.4) is 0 Å². The Bertz CT molecular complexity index is 195. The first kappa shape index (κ1) is 11.5. The summed E-state index contributed by atoms with van der Waals surface area (Å²) in [5.74, 6) is 0.0780. The molecule has 0 spiro atoms. The fourth-order valence-electron chi connectivity index (χ4n) is 1.82. The van der Waals surface area contributed by atoms with Gasteiger partial charge in [0.15, 0.2) is 0 Å². The second-order valence-electron chi connectivity index (χ2n) is 4.15. The first-order chi connectivity index (χ1) is 6.61. The SMILES string of the molecule is CC(N)C(=O)NCC1CCCCC1O. The molecule has 1 aliphatic carbocycles. The van der Waals surface area contributed by atoms with Gasteiger partial charge in [0.25, 0.3) is 0 Å². The molecule has 3 atom stereocenters. The predicted octanol–water partition coefficient (Wildman–Crippen LogP) is 0.000900. The summed E-state index contributed by atoms with van der Waals surface area (Å²) in [7, 11) is 0. The van der Waals surface area contributed by atoms with Crippen LogP contribution in [0.25, 0.3) is 0 Å². The minimum absolute atomic E-state index is 0.136. The van der Waals surface area contributed by atoms with Crippen molar-refractivity contribution in [2.75, 3.05) is 6.54 Å². The van der Waals surface area contributed by atoms with Gasteiger partial charge < -0.3 is 16.2 Å². The van der Waals surface area contributed by atoms with Crippen LogP contribution in [0.4, 0.5) is 0 Å². The molecule has 1 amide bonds. The molecular weight excluding hydrogens is 180 g/mol. The molecule has 3 unspecified atom stereocenters. The molecule has 0 aliphatic heterocycles. The van der Waals surface area contributed by atoms with Gasteiger partial charge in [0, 0.05) is 12.5 Å². The maximum absolute atomic E-state index is 11.2. The van der Waals surface area contributed by atoms with Crippen molar-refractivity contribution in [3.8, 4) is 0 Å². The van der Waals surface area contributed by atoms with Gasteiger partial charge in [-0.25, -0.2) is 0 Å². The molecule has 0 aromatic rings. The molecule has 0 radical (unpaired) electrons. The van der Waals surface area contributed by atoms with Gasteiger partial charge in [-0.1, -0.05) is 12.8 Å². The van der Waals surface area contributed by atoms with Crippen molar-refractivity contribution in [1.29, 1.82) is 0 Å². The molecule has 0 aromatic carbocycles. The first-order valence-electron chi connectivity index (χ1n) is 5.32. The summed E-state index contributed by atoms with van der Waals surface area (Å²) in [5.41, 5.74) is 5.41. The van der Waals surface area contributed by atoms with Crippen molar-refractivity contribution in [3.63, 3.8) is 0 Å². The van der Waals surface area contributed by atoms with Crippen LogP contribution in [0.5, 0.6) is 0 Å². The second-order valence-corrected chi connectivity index (χ2v) is 4.15. The Kier molecular flexibility index (Phi) is 4.35. The van der Waals surface area contributed by atoms with Gasteiger partial charge in [-0.05, 0) is 19.8 Å². The van der Waals surface area contributed by atoms with Crippen molar-refractivity contribution >= 4 is 5.91 Å². The van der Waals surface area contributed by atoms with E-state index in [4.69, 9.17) is 5.73 Å². The van der Waals surface area contributed by atoms with Crippen LogP contribution in [0.1, 0.15) is 32.6 Å². The molecule has 4 heteroatoms. The van der Waals surface area contributed by atoms with E-state index in [9.17, 15) is 9.90 Å². The number of aliphatic hydroxyl groups is 1. The van der Waals surface area contributed by atoms with Crippen molar-refractivity contribution in [1.82, 2.24) is 5.32 Å². The highest BCUT2D eigenvalue weighted by Gasteiger charge is 2.23. The third-order valence-electron chi connectivity index (χ3n) is 2.82. The number of aliphatic hydroxyl groups excluding tert-OH is 1. The lowest BCUT2D eigenvalue weighted by atomic mass is 9.86. The third-order valence-corrected chi connectivity index (χ3v) is 2.82. The molecule has 1 aliphatic rings. The zero-order valence-electron chi connectivity index (χ0n) is 8.70. The van der Waals surface area contributed by atoms with E-state index in [-0.39, 0.29) is 17.9 Å². The fourth-order valence-corrected chi connectivity index (χ4v) is 1.82. The highest BCUT2D eigenvalue weighted by Crippen LogP contribution is 2.23. The summed E-state index contributed by atoms with van der Waals surface area (Å²) in [5, 5.41) is 12.4. The number of amides is 1. The fraction of sp³-hybridized carbons (Fsp3) is 0.900. The number of nitrogens with one attached hydrogen (secondary N) is 1. The summed E-state index contributed by atoms with van der Waals surface area (Å²) in [6, 6.07) is -0.462. The number of nitrogens with two attached hydrogens (primary N) is 1. The van der Waals surface area contributed by atoms with E-state index in [1.165, 1.54) is 0 Å². The summed E-state index contributed by atoms with van der Waals surface area (Å²) in [6.45, 7) is 2.22. The second kappa shape index (κ2) is 5.32. The molecule has 1 rings (SSSR count). The Labute approximate surface area is 84.9 Å². The monoisotopic (exact) mass is 200 g/mol. The quantitative estimate of drug-likeness (QED) is 0.600. The topological polar surface area (TPSA) is 75.4 Å². The number of carbonyl (C=O) groups is 1. The van der Waals surface area contributed by atoms with Crippen molar-refractivity contribution in [2.24, 2.45) is 11.7 Å². The highest BCUT2D eigenvalue weighted by molar-refractivity contribution is 5.80. The van der Waals surface area contributed by atoms with Crippen LogP contribution in [-0.2, 0) is 4.79 Å². The molecule has 0 heterocycles. The molecule has 14 heavy (non-hydrogen) atoms. The molecule has 0 bridgehead atoms. The van der Waals surface area contributed by atoms with Gasteiger partial charge in [0.2, 0.25) is 5.91 Å². The van der Waals surface area contributed by atoms with Crippen LogP contribution < -0.4 is 11.1 Å². The van der Waals surface area contributed by atoms with E-state index < -0.39 is 6.04 Å². The lowest BCUT2D eigenvalue weighted by Gasteiger charge is -2.27. The van der Waals surface area contributed by atoms with E-state index in [0.717, 1.165) is 25.7 Å². The molecule has 82 valence electrons. The number of rotatable bonds is 3. The van der Waals surface area contributed by atoms with Crippen molar-refractivity contribution in [3.05, 3.63) is 0 Å². The highest BCUT2D eigenvalue weighted by atomic mass is 16.3. The molecule has 0 aromatic heterocycles. The zero-order chi connectivity index (χ0) is 10.6. The average Bonchev–Trinajstić information content (AvgIpc) is 2.16. The van der Waals surface area contributed by atoms with Crippen molar-refractivity contribution in [2.45, 2.75) is 44.8 Å². The Morgan fingerprint density at radius 1 is 1.57 bits per heavy atom. The maximum atomic E-state index is 11.2. The minimum Gasteiger partial charge on any atom is -0.393 e. The smallest absolute Gasteiger partial charge is 0.236 e. The first-order valence-corrected chi connectivity index (χ1v) is 5.32. The molecule has 4 nitrogen and oxygen atoms in total. The van der Waals surface area contributed by atoms with Gasteiger partial charge in [-0.3, -0.25) is 4.79 Å². The number of carbonyl (C=O) groups excluding carboxylic acids is 1. The Morgan fingerprint density at radius 3 is 2.79 bits per heavy atom. The third kappa shape index (κ3) is 3.27. The summed E-state index contributed by atoms with van der Waals surface area (Å²) in [4.78, 5) is 11.2. The van der Waals surface area contributed by atoms with Gasteiger partial charge >= 0.3 is 0 Å². The van der Waals surface area contributed by atoms with E-state index in [0.29, 0.717) is 6.54 Å². The van der Waals surface area contributed by atoms with Crippen LogP contribution in [-0.4, -0.2) is 29.7 Å². The van der Waals surface area contributed by atoms with Crippen LogP contribution in [0, 0.1) is 5.92 Å². The molecular formula is C10H20N2O2. The van der Waals surface area contributed by atoms with Crippen LogP contribution in [0.2, 0.25) is 0 Å². The normalized spacial score (nSPS) is 29.6. The minimum atomic E-state index is -0.462. The standard InChI is InChI=1S/C10H20N2O2/c1-7(11)10(14)12-6-8-4-2-3-5-9(8)13/h7-9,13H,2-6,11H2,1H3,(H,12,14). The number of hydrogen-bond donors (Lipinski definition) is 3. The van der Waals surface area contributed by atoms with E-state index >= 15 is 0 Å². The van der Waals surface area contributed by atoms with Crippen LogP contribution >= 0.6 is 0 Å². The molecule has 1 saturated carbocycles. The lowest BCUT2D eigenvalue weighted by Crippen LogP contribution is -2.43. The largest absolute Gasteiger partial charge is 0.393 e. The van der Waals surface area contributed by atoms with Gasteiger partial charge in [-0.15, -0.1) is 0 Å². The summed E-state index contributed by atoms with van der Waals surface area (Å²) < 4.78 is 0. The predicted molar refractivity (Wildman–Crippen MR) is 54.6 cm³/mol. The lowest BCUT2D eigenvalue weighted by molar-refractivity contribution is -0.122. The van der Waals surface area contributed by atoms with Crippen molar-refractivity contribution < 1.29 is 9.90 Å². The van der Waals surface area contributed by atoms with Gasteiger partial charge in [0.05, 0.1) is 12.1 Å². The average molecular weight is 200 g/mol. The molecule has 0 saturated heterocycles. The Balaban J connectivity index is 2.26. The Morgan fingerprint density at radius 2 is 2.21 bits per heavy atom.